The van der Waals surface area contributed by atoms with E-state index in [1.54, 1.807) is 18.9 Å². The molecule has 2 amide bonds. The van der Waals surface area contributed by atoms with E-state index in [1.165, 1.54) is 11.1 Å². The highest BCUT2D eigenvalue weighted by Crippen LogP contribution is 2.16. The summed E-state index contributed by atoms with van der Waals surface area (Å²) < 4.78 is 0. The van der Waals surface area contributed by atoms with Crippen LogP contribution in [0.25, 0.3) is 0 Å². The van der Waals surface area contributed by atoms with Gasteiger partial charge >= 0.3 is 6.03 Å². The Hall–Kier alpha value is -1.59. The van der Waals surface area contributed by atoms with Crippen LogP contribution >= 0.6 is 0 Å². The number of aliphatic hydroxyl groups excluding tert-OH is 1. The van der Waals surface area contributed by atoms with Crippen LogP contribution in [0.2, 0.25) is 0 Å². The molecule has 5 heteroatoms. The van der Waals surface area contributed by atoms with Crippen LogP contribution in [-0.2, 0) is 6.54 Å². The number of nitrogens with one attached hydrogen (secondary N) is 1. The highest BCUT2D eigenvalue weighted by molar-refractivity contribution is 5.74. The fraction of sp³-hybridized carbons (Fsp3) is 0.632. The molecule has 1 unspecified atom stereocenters. The van der Waals surface area contributed by atoms with E-state index in [0.717, 1.165) is 32.5 Å². The average Bonchev–Trinajstić information content (AvgIpc) is 2.56. The second-order valence-corrected chi connectivity index (χ2v) is 6.99. The molecule has 24 heavy (non-hydrogen) atoms. The van der Waals surface area contributed by atoms with E-state index in [0.29, 0.717) is 13.0 Å². The van der Waals surface area contributed by atoms with Crippen LogP contribution in [0, 0.1) is 6.92 Å². The topological polar surface area (TPSA) is 55.8 Å². The number of hydrogen-bond donors (Lipinski definition) is 2. The van der Waals surface area contributed by atoms with Crippen molar-refractivity contribution in [2.45, 2.75) is 51.8 Å². The molecule has 134 valence electrons. The van der Waals surface area contributed by atoms with E-state index in [1.807, 2.05) is 0 Å². The summed E-state index contributed by atoms with van der Waals surface area (Å²) in [6.07, 6.45) is 2.22. The van der Waals surface area contributed by atoms with E-state index in [4.69, 9.17) is 0 Å². The number of carbonyl (C=O) groups excluding carboxylic acids is 1. The molecule has 1 heterocycles. The van der Waals surface area contributed by atoms with Crippen molar-refractivity contribution in [3.05, 3.63) is 35.4 Å². The standard InChI is InChI=1S/C19H31N3O2/c1-15-6-4-5-7-17(15)14-22-12-9-18(10-13-22)20-19(24)21(3)11-8-16(2)23/h4-7,16,18,23H,8-14H2,1-3H3,(H,20,24). The van der Waals surface area contributed by atoms with Gasteiger partial charge in [-0.2, -0.15) is 0 Å². The molecule has 1 aromatic rings. The molecule has 0 aliphatic carbocycles. The van der Waals surface area contributed by atoms with E-state index < -0.39 is 0 Å². The Morgan fingerprint density at radius 2 is 2.04 bits per heavy atom. The van der Waals surface area contributed by atoms with Gasteiger partial charge < -0.3 is 15.3 Å². The normalized spacial score (nSPS) is 17.5. The van der Waals surface area contributed by atoms with Crippen LogP contribution in [0.4, 0.5) is 4.79 Å². The number of urea groups is 1. The molecule has 1 saturated heterocycles. The monoisotopic (exact) mass is 333 g/mol. The summed E-state index contributed by atoms with van der Waals surface area (Å²) in [6.45, 7) is 7.49. The lowest BCUT2D eigenvalue weighted by Gasteiger charge is -2.33. The second-order valence-electron chi connectivity index (χ2n) is 6.99. The van der Waals surface area contributed by atoms with Crippen molar-refractivity contribution >= 4 is 6.03 Å². The quantitative estimate of drug-likeness (QED) is 0.840. The lowest BCUT2D eigenvalue weighted by molar-refractivity contribution is 0.155. The molecule has 1 atom stereocenters. The number of carbonyl (C=O) groups is 1. The fourth-order valence-corrected chi connectivity index (χ4v) is 3.03. The molecular formula is C19H31N3O2. The van der Waals surface area contributed by atoms with Crippen LogP contribution in [0.5, 0.6) is 0 Å². The van der Waals surface area contributed by atoms with E-state index >= 15 is 0 Å². The molecule has 1 aliphatic heterocycles. The van der Waals surface area contributed by atoms with Gasteiger partial charge in [-0.1, -0.05) is 24.3 Å². The maximum atomic E-state index is 12.2. The molecule has 0 radical (unpaired) electrons. The van der Waals surface area contributed by atoms with Crippen molar-refractivity contribution in [1.82, 2.24) is 15.1 Å². The van der Waals surface area contributed by atoms with Gasteiger partial charge in [0.05, 0.1) is 6.10 Å². The van der Waals surface area contributed by atoms with Gasteiger partial charge in [0, 0.05) is 39.3 Å². The molecule has 1 aliphatic rings. The van der Waals surface area contributed by atoms with Gasteiger partial charge in [0.25, 0.3) is 0 Å². The van der Waals surface area contributed by atoms with E-state index in [9.17, 15) is 9.90 Å². The maximum Gasteiger partial charge on any atom is 0.317 e. The summed E-state index contributed by atoms with van der Waals surface area (Å²) in [6, 6.07) is 8.74. The number of benzene rings is 1. The zero-order valence-corrected chi connectivity index (χ0v) is 15.2. The largest absolute Gasteiger partial charge is 0.393 e. The van der Waals surface area contributed by atoms with E-state index in [2.05, 4.69) is 41.4 Å². The third-order valence-corrected chi connectivity index (χ3v) is 4.80. The summed E-state index contributed by atoms with van der Waals surface area (Å²) >= 11 is 0. The van der Waals surface area contributed by atoms with Crippen molar-refractivity contribution in [3.63, 3.8) is 0 Å². The first-order valence-electron chi connectivity index (χ1n) is 8.92. The first-order chi connectivity index (χ1) is 11.5. The molecule has 0 saturated carbocycles. The van der Waals surface area contributed by atoms with Gasteiger partial charge in [-0.25, -0.2) is 4.79 Å². The Kier molecular flexibility index (Phi) is 7.06. The minimum atomic E-state index is -0.370. The summed E-state index contributed by atoms with van der Waals surface area (Å²) in [7, 11) is 1.78. The predicted octanol–water partition coefficient (Wildman–Crippen LogP) is 2.37. The number of rotatable bonds is 6. The Morgan fingerprint density at radius 3 is 2.67 bits per heavy atom. The minimum absolute atomic E-state index is 0.0343. The lowest BCUT2D eigenvalue weighted by atomic mass is 10.0. The van der Waals surface area contributed by atoms with Crippen molar-refractivity contribution in [3.8, 4) is 0 Å². The number of aliphatic hydroxyl groups is 1. The van der Waals surface area contributed by atoms with Gasteiger partial charge in [-0.05, 0) is 44.2 Å². The Balaban J connectivity index is 1.72. The SMILES string of the molecule is Cc1ccccc1CN1CCC(NC(=O)N(C)CCC(C)O)CC1. The molecule has 0 spiro atoms. The third kappa shape index (κ3) is 5.80. The average molecular weight is 333 g/mol. The van der Waals surface area contributed by atoms with Crippen LogP contribution < -0.4 is 5.32 Å². The van der Waals surface area contributed by atoms with Crippen molar-refractivity contribution < 1.29 is 9.90 Å². The molecule has 1 fully saturated rings. The van der Waals surface area contributed by atoms with Crippen LogP contribution in [0.15, 0.2) is 24.3 Å². The number of nitrogens with zero attached hydrogens (tertiary/aromatic N) is 2. The molecule has 2 N–H and O–H groups in total. The van der Waals surface area contributed by atoms with Crippen LogP contribution in [0.3, 0.4) is 0 Å². The number of amides is 2. The molecule has 2 rings (SSSR count). The number of likely N-dealkylation sites (tertiary alicyclic amines) is 1. The fourth-order valence-electron chi connectivity index (χ4n) is 3.03. The van der Waals surface area contributed by atoms with Gasteiger partial charge in [0.15, 0.2) is 0 Å². The van der Waals surface area contributed by atoms with Gasteiger partial charge in [0.2, 0.25) is 0 Å². The third-order valence-electron chi connectivity index (χ3n) is 4.80. The molecular weight excluding hydrogens is 302 g/mol. The number of hydrogen-bond acceptors (Lipinski definition) is 3. The first kappa shape index (κ1) is 18.7. The van der Waals surface area contributed by atoms with Crippen LogP contribution in [0.1, 0.15) is 37.3 Å². The molecule has 0 bridgehead atoms. The maximum absolute atomic E-state index is 12.2. The zero-order valence-electron chi connectivity index (χ0n) is 15.2. The summed E-state index contributed by atoms with van der Waals surface area (Å²) in [5, 5.41) is 12.4. The highest BCUT2D eigenvalue weighted by Gasteiger charge is 2.22. The highest BCUT2D eigenvalue weighted by atomic mass is 16.3. The number of piperidine rings is 1. The Morgan fingerprint density at radius 1 is 1.38 bits per heavy atom. The lowest BCUT2D eigenvalue weighted by Crippen LogP contribution is -2.48. The summed E-state index contributed by atoms with van der Waals surface area (Å²) in [5.74, 6) is 0. The molecule has 1 aromatic carbocycles. The zero-order chi connectivity index (χ0) is 17.5. The van der Waals surface area contributed by atoms with Crippen molar-refractivity contribution in [1.29, 1.82) is 0 Å². The Bertz CT molecular complexity index is 525. The summed E-state index contributed by atoms with van der Waals surface area (Å²) in [5.41, 5.74) is 2.73. The van der Waals surface area contributed by atoms with Crippen molar-refractivity contribution in [2.24, 2.45) is 0 Å². The predicted molar refractivity (Wildman–Crippen MR) is 96.9 cm³/mol. The second kappa shape index (κ2) is 9.04. The molecule has 5 nitrogen and oxygen atoms in total. The molecule has 0 aromatic heterocycles. The minimum Gasteiger partial charge on any atom is -0.393 e. The van der Waals surface area contributed by atoms with Gasteiger partial charge in [-0.15, -0.1) is 0 Å². The summed E-state index contributed by atoms with van der Waals surface area (Å²) in [4.78, 5) is 16.3. The Labute approximate surface area is 145 Å². The van der Waals surface area contributed by atoms with E-state index in [-0.39, 0.29) is 18.2 Å². The van der Waals surface area contributed by atoms with Crippen molar-refractivity contribution in [2.75, 3.05) is 26.7 Å². The first-order valence-corrected chi connectivity index (χ1v) is 8.92. The van der Waals surface area contributed by atoms with Gasteiger partial charge in [-0.3, -0.25) is 4.90 Å². The smallest absolute Gasteiger partial charge is 0.317 e. The van der Waals surface area contributed by atoms with Gasteiger partial charge in [0.1, 0.15) is 0 Å². The number of aryl methyl sites for hydroxylation is 1. The van der Waals surface area contributed by atoms with Crippen LogP contribution in [-0.4, -0.2) is 59.8 Å².